The highest BCUT2D eigenvalue weighted by molar-refractivity contribution is 7.13. The zero-order valence-electron chi connectivity index (χ0n) is 43.6. The summed E-state index contributed by atoms with van der Waals surface area (Å²) in [5.41, 5.74) is 8.00. The van der Waals surface area contributed by atoms with E-state index in [1.54, 1.807) is 17.4 Å². The van der Waals surface area contributed by atoms with Gasteiger partial charge in [0.05, 0.1) is 39.9 Å². The fourth-order valence-corrected chi connectivity index (χ4v) is 10.7. The molecule has 2 saturated heterocycles. The molecule has 0 bridgehead atoms. The fraction of sp³-hybridized carbons (Fsp3) is 0.509. The fourth-order valence-electron chi connectivity index (χ4n) is 9.91. The number of hydrogen-bond donors (Lipinski definition) is 7. The monoisotopic (exact) mass is 1040 g/mol. The zero-order chi connectivity index (χ0) is 53.1. The number of aliphatic hydroxyl groups excluding tert-OH is 1. The van der Waals surface area contributed by atoms with Crippen molar-refractivity contribution >= 4 is 64.1 Å². The third-order valence-electron chi connectivity index (χ3n) is 14.1. The van der Waals surface area contributed by atoms with Crippen molar-refractivity contribution in [1.82, 2.24) is 45.9 Å². The Morgan fingerprint density at radius 2 is 1.59 bits per heavy atom. The lowest BCUT2D eigenvalue weighted by Crippen LogP contribution is -2.57. The molecule has 19 heteroatoms. The molecule has 398 valence electrons. The van der Waals surface area contributed by atoms with E-state index in [0.717, 1.165) is 86.5 Å². The number of unbranched alkanes of at least 4 members (excludes halogenated alkanes) is 4. The predicted octanol–water partition coefficient (Wildman–Crippen LogP) is 5.70. The first-order valence-electron chi connectivity index (χ1n) is 25.9. The van der Waals surface area contributed by atoms with Gasteiger partial charge >= 0.3 is 0 Å². The van der Waals surface area contributed by atoms with E-state index in [1.165, 1.54) is 23.1 Å². The van der Waals surface area contributed by atoms with Crippen molar-refractivity contribution in [2.45, 2.75) is 118 Å². The molecule has 74 heavy (non-hydrogen) atoms. The van der Waals surface area contributed by atoms with Crippen LogP contribution in [-0.4, -0.2) is 142 Å². The molecule has 7 N–H and O–H groups in total. The number of piperazine rings is 1. The molecule has 6 amide bonds. The molecule has 7 rings (SSSR count). The number of anilines is 1. The molecule has 0 spiro atoms. The minimum Gasteiger partial charge on any atom is -0.391 e. The molecule has 17 nitrogen and oxygen atoms in total. The van der Waals surface area contributed by atoms with Gasteiger partial charge in [0.1, 0.15) is 17.9 Å². The van der Waals surface area contributed by atoms with Crippen molar-refractivity contribution in [2.75, 3.05) is 64.2 Å². The van der Waals surface area contributed by atoms with Crippen molar-refractivity contribution in [1.29, 1.82) is 0 Å². The summed E-state index contributed by atoms with van der Waals surface area (Å²) < 4.78 is 14.0. The molecular formula is C55H73FN10O7S. The van der Waals surface area contributed by atoms with Gasteiger partial charge in [0.15, 0.2) is 0 Å². The van der Waals surface area contributed by atoms with Gasteiger partial charge in [-0.3, -0.25) is 33.7 Å². The quantitative estimate of drug-likeness (QED) is 0.0376. The van der Waals surface area contributed by atoms with Crippen LogP contribution in [0.3, 0.4) is 0 Å². The van der Waals surface area contributed by atoms with Crippen molar-refractivity contribution in [3.8, 4) is 10.4 Å². The SMILES string of the molecule is Cc1ncsc1-c1ccc(CNC(=O)[C@@H]2C[C@@H](O)CN2C(=O)[C@@H](NC(=O)CCCCCCCNC(=O)CN2CCN(CCCNC(=O)c3c(C)[nH]c(/C=C4\C(=O)Nc5ccc(F)cc54)c3C)CC2)C(C)(C)C)cc1. The number of nitrogens with zero attached hydrogens (tertiary/aromatic N) is 4. The highest BCUT2D eigenvalue weighted by atomic mass is 32.1. The summed E-state index contributed by atoms with van der Waals surface area (Å²) in [6, 6.07) is 10.3. The first-order valence-corrected chi connectivity index (χ1v) is 26.8. The van der Waals surface area contributed by atoms with Crippen LogP contribution >= 0.6 is 11.3 Å². The Morgan fingerprint density at radius 1 is 0.892 bits per heavy atom. The van der Waals surface area contributed by atoms with E-state index >= 15 is 0 Å². The maximum atomic E-state index is 14.0. The topological polar surface area (TPSA) is 221 Å². The van der Waals surface area contributed by atoms with Crippen LogP contribution in [0.4, 0.5) is 10.1 Å². The lowest BCUT2D eigenvalue weighted by molar-refractivity contribution is -0.144. The Kier molecular flexibility index (Phi) is 19.0. The summed E-state index contributed by atoms with van der Waals surface area (Å²) in [6.45, 7) is 17.0. The Hall–Kier alpha value is -6.28. The lowest BCUT2D eigenvalue weighted by atomic mass is 9.85. The highest BCUT2D eigenvalue weighted by Crippen LogP contribution is 2.35. The second-order valence-electron chi connectivity index (χ2n) is 20.9. The standard InChI is InChI=1S/C55H73FN10O7S/c1-34-44(29-42-41-27-39(56)18-19-43(41)62-51(42)70)61-35(2)48(34)53(72)58-21-12-22-64-23-25-65(26-24-64)32-47(69)57-20-11-9-7-8-10-13-46(68)63-50(55(4,5)6)54(73)66-31-40(67)28-45(66)52(71)59-30-37-14-16-38(17-15-37)49-36(3)60-33-74-49/h14-19,27,29,33,40,45,50,61,67H,7-13,20-26,28,30-32H2,1-6H3,(H,57,69)(H,58,72)(H,59,71)(H,62,70)(H,63,68)/b42-29-/t40-,45+,50-/m1/s1. The van der Waals surface area contributed by atoms with Crippen LogP contribution < -0.4 is 26.6 Å². The Labute approximate surface area is 437 Å². The number of carbonyl (C=O) groups excluding carboxylic acids is 6. The molecule has 0 aliphatic carbocycles. The lowest BCUT2D eigenvalue weighted by Gasteiger charge is -2.35. The van der Waals surface area contributed by atoms with E-state index in [4.69, 9.17) is 0 Å². The van der Waals surface area contributed by atoms with E-state index in [9.17, 15) is 38.3 Å². The van der Waals surface area contributed by atoms with Crippen molar-refractivity contribution in [3.05, 3.63) is 93.1 Å². The van der Waals surface area contributed by atoms with E-state index in [0.29, 0.717) is 65.4 Å². The second kappa shape index (κ2) is 25.3. The number of thiazole rings is 1. The smallest absolute Gasteiger partial charge is 0.256 e. The minimum atomic E-state index is -0.880. The second-order valence-corrected chi connectivity index (χ2v) is 21.8. The van der Waals surface area contributed by atoms with E-state index in [-0.39, 0.29) is 61.4 Å². The molecular weight excluding hydrogens is 964 g/mol. The number of aromatic nitrogens is 2. The van der Waals surface area contributed by atoms with Gasteiger partial charge in [-0.1, -0.05) is 64.3 Å². The van der Waals surface area contributed by atoms with Crippen LogP contribution in [0.25, 0.3) is 22.1 Å². The molecule has 0 unspecified atom stereocenters. The molecule has 2 aromatic heterocycles. The summed E-state index contributed by atoms with van der Waals surface area (Å²) >= 11 is 1.58. The Balaban J connectivity index is 0.727. The van der Waals surface area contributed by atoms with Gasteiger partial charge in [-0.2, -0.15) is 0 Å². The third kappa shape index (κ3) is 14.5. The molecule has 4 aromatic rings. The number of amides is 6. The van der Waals surface area contributed by atoms with Crippen molar-refractivity contribution in [2.24, 2.45) is 5.41 Å². The number of likely N-dealkylation sites (tertiary alicyclic amines) is 1. The number of hydrogen-bond acceptors (Lipinski definition) is 11. The van der Waals surface area contributed by atoms with Crippen LogP contribution in [0.15, 0.2) is 48.0 Å². The molecule has 2 fully saturated rings. The van der Waals surface area contributed by atoms with Crippen LogP contribution in [0.1, 0.15) is 116 Å². The molecule has 3 aliphatic heterocycles. The molecule has 5 heterocycles. The van der Waals surface area contributed by atoms with Gasteiger partial charge in [-0.15, -0.1) is 11.3 Å². The van der Waals surface area contributed by atoms with Gasteiger partial charge in [-0.25, -0.2) is 9.37 Å². The average Bonchev–Trinajstić information content (AvgIpc) is 4.13. The summed E-state index contributed by atoms with van der Waals surface area (Å²) in [5.74, 6) is -1.92. The maximum absolute atomic E-state index is 14.0. The first kappa shape index (κ1) is 55.5. The normalized spacial score (nSPS) is 18.0. The number of H-pyrrole nitrogens is 1. The number of carbonyl (C=O) groups is 6. The highest BCUT2D eigenvalue weighted by Gasteiger charge is 2.44. The summed E-state index contributed by atoms with van der Waals surface area (Å²) in [7, 11) is 0. The van der Waals surface area contributed by atoms with Gasteiger partial charge in [-0.05, 0) is 93.0 Å². The van der Waals surface area contributed by atoms with Crippen molar-refractivity contribution < 1.29 is 38.3 Å². The molecule has 0 saturated carbocycles. The number of rotatable bonds is 22. The van der Waals surface area contributed by atoms with Gasteiger partial charge < -0.3 is 46.5 Å². The molecule has 2 aromatic carbocycles. The van der Waals surface area contributed by atoms with Gasteiger partial charge in [0.25, 0.3) is 11.8 Å². The van der Waals surface area contributed by atoms with Gasteiger partial charge in [0.2, 0.25) is 23.6 Å². The maximum Gasteiger partial charge on any atom is 0.256 e. The number of aromatic amines is 1. The predicted molar refractivity (Wildman–Crippen MR) is 285 cm³/mol. The number of nitrogens with one attached hydrogen (secondary N) is 6. The average molecular weight is 1040 g/mol. The molecule has 0 radical (unpaired) electrons. The van der Waals surface area contributed by atoms with Crippen LogP contribution in [0.5, 0.6) is 0 Å². The largest absolute Gasteiger partial charge is 0.391 e. The van der Waals surface area contributed by atoms with Crippen LogP contribution in [-0.2, 0) is 30.5 Å². The number of benzene rings is 2. The zero-order valence-corrected chi connectivity index (χ0v) is 44.4. The van der Waals surface area contributed by atoms with E-state index < -0.39 is 29.4 Å². The molecule has 3 aliphatic rings. The number of aliphatic hydroxyl groups is 1. The number of halogens is 1. The number of aryl methyl sites for hydroxylation is 2. The van der Waals surface area contributed by atoms with Crippen LogP contribution in [0, 0.1) is 32.0 Å². The summed E-state index contributed by atoms with van der Waals surface area (Å²) in [4.78, 5) is 93.8. The van der Waals surface area contributed by atoms with Crippen LogP contribution in [0.2, 0.25) is 0 Å². The number of fused-ring (bicyclic) bond motifs is 1. The minimum absolute atomic E-state index is 0.000230. The van der Waals surface area contributed by atoms with E-state index in [2.05, 4.69) is 46.4 Å². The summed E-state index contributed by atoms with van der Waals surface area (Å²) in [6.07, 6.45) is 6.08. The Bertz CT molecular complexity index is 2690. The first-order chi connectivity index (χ1) is 35.4. The van der Waals surface area contributed by atoms with Crippen molar-refractivity contribution in [3.63, 3.8) is 0 Å². The summed E-state index contributed by atoms with van der Waals surface area (Å²) in [5, 5.41) is 25.3. The van der Waals surface area contributed by atoms with Gasteiger partial charge in [0, 0.05) is 87.8 Å². The number of β-amino-alcohol motifs (C(OH)–C–C–N with tert-alkyl or cyclic N) is 1. The van der Waals surface area contributed by atoms with E-state index in [1.807, 2.05) is 71.3 Å². The third-order valence-corrected chi connectivity index (χ3v) is 15.1. The Morgan fingerprint density at radius 3 is 2.31 bits per heavy atom. The molecule has 3 atom stereocenters.